The highest BCUT2D eigenvalue weighted by atomic mass is 16.3. The van der Waals surface area contributed by atoms with Gasteiger partial charge >= 0.3 is 0 Å². The van der Waals surface area contributed by atoms with Gasteiger partial charge in [0.05, 0.1) is 6.26 Å². The highest BCUT2D eigenvalue weighted by Crippen LogP contribution is 2.20. The van der Waals surface area contributed by atoms with Crippen LogP contribution in [0.3, 0.4) is 0 Å². The predicted octanol–water partition coefficient (Wildman–Crippen LogP) is 2.16. The molecule has 0 aromatic carbocycles. The van der Waals surface area contributed by atoms with Gasteiger partial charge in [0.1, 0.15) is 5.69 Å². The summed E-state index contributed by atoms with van der Waals surface area (Å²) in [5.74, 6) is 2.42. The molecule has 3 aromatic rings. The maximum absolute atomic E-state index is 5.34. The zero-order valence-corrected chi connectivity index (χ0v) is 13.5. The van der Waals surface area contributed by atoms with E-state index in [0.29, 0.717) is 0 Å². The van der Waals surface area contributed by atoms with Gasteiger partial charge in [0.25, 0.3) is 0 Å². The van der Waals surface area contributed by atoms with Gasteiger partial charge in [-0.2, -0.15) is 0 Å². The van der Waals surface area contributed by atoms with Crippen LogP contribution in [0.4, 0.5) is 11.8 Å². The number of aromatic nitrogens is 4. The fourth-order valence-electron chi connectivity index (χ4n) is 2.77. The Morgan fingerprint density at radius 2 is 1.79 bits per heavy atom. The monoisotopic (exact) mass is 322 g/mol. The van der Waals surface area contributed by atoms with Crippen LogP contribution in [0.1, 0.15) is 5.69 Å². The van der Waals surface area contributed by atoms with Crippen molar-refractivity contribution < 1.29 is 4.42 Å². The van der Waals surface area contributed by atoms with Gasteiger partial charge in [-0.1, -0.05) is 0 Å². The highest BCUT2D eigenvalue weighted by molar-refractivity contribution is 5.53. The topological polar surface area (TPSA) is 71.2 Å². The second-order valence-electron chi connectivity index (χ2n) is 5.73. The minimum Gasteiger partial charge on any atom is -0.463 e. The molecule has 7 heteroatoms. The van der Waals surface area contributed by atoms with E-state index in [9.17, 15) is 0 Å². The lowest BCUT2D eigenvalue weighted by molar-refractivity contribution is 0.578. The van der Waals surface area contributed by atoms with Crippen molar-refractivity contribution in [3.63, 3.8) is 0 Å². The Morgan fingerprint density at radius 1 is 0.958 bits per heavy atom. The molecule has 0 saturated carbocycles. The minimum atomic E-state index is 0.732. The van der Waals surface area contributed by atoms with Crippen molar-refractivity contribution in [2.24, 2.45) is 0 Å². The molecular formula is C17H18N6O. The SMILES string of the molecule is Cc1ccnc(N2CCN(c3ccc(-c4ccco4)nn3)CC2)n1. The molecule has 0 atom stereocenters. The van der Waals surface area contributed by atoms with E-state index in [2.05, 4.69) is 30.0 Å². The molecule has 1 fully saturated rings. The fourth-order valence-corrected chi connectivity index (χ4v) is 2.77. The molecule has 0 unspecified atom stereocenters. The van der Waals surface area contributed by atoms with Gasteiger partial charge in [-0.05, 0) is 37.3 Å². The molecule has 0 N–H and O–H groups in total. The Hall–Kier alpha value is -2.96. The molecule has 0 radical (unpaired) electrons. The first-order valence-electron chi connectivity index (χ1n) is 7.97. The Balaban J connectivity index is 1.42. The lowest BCUT2D eigenvalue weighted by atomic mass is 10.3. The number of anilines is 2. The number of furan rings is 1. The molecule has 0 amide bonds. The van der Waals surface area contributed by atoms with Crippen LogP contribution in [0.25, 0.3) is 11.5 Å². The van der Waals surface area contributed by atoms with Crippen LogP contribution in [0.15, 0.2) is 47.2 Å². The molecule has 1 saturated heterocycles. The number of nitrogens with zero attached hydrogens (tertiary/aromatic N) is 6. The Kier molecular flexibility index (Phi) is 3.82. The van der Waals surface area contributed by atoms with Crippen LogP contribution >= 0.6 is 0 Å². The second kappa shape index (κ2) is 6.27. The van der Waals surface area contributed by atoms with Crippen LogP contribution in [0, 0.1) is 6.92 Å². The molecule has 0 spiro atoms. The zero-order chi connectivity index (χ0) is 16.4. The van der Waals surface area contributed by atoms with Gasteiger partial charge in [-0.15, -0.1) is 10.2 Å². The van der Waals surface area contributed by atoms with Crippen LogP contribution in [-0.4, -0.2) is 46.3 Å². The van der Waals surface area contributed by atoms with E-state index in [-0.39, 0.29) is 0 Å². The standard InChI is InChI=1S/C17H18N6O/c1-13-6-7-18-17(19-13)23-10-8-22(9-11-23)16-5-4-14(20-21-16)15-3-2-12-24-15/h2-7,12H,8-11H2,1H3. The molecule has 7 nitrogen and oxygen atoms in total. The van der Waals surface area contributed by atoms with Crippen molar-refractivity contribution in [1.29, 1.82) is 0 Å². The number of piperazine rings is 1. The van der Waals surface area contributed by atoms with Crippen LogP contribution in [0.5, 0.6) is 0 Å². The third kappa shape index (κ3) is 2.92. The number of aryl methyl sites for hydroxylation is 1. The fraction of sp³-hybridized carbons (Fsp3) is 0.294. The summed E-state index contributed by atoms with van der Waals surface area (Å²) in [6.07, 6.45) is 3.44. The smallest absolute Gasteiger partial charge is 0.225 e. The summed E-state index contributed by atoms with van der Waals surface area (Å²) in [5.41, 5.74) is 1.73. The average molecular weight is 322 g/mol. The van der Waals surface area contributed by atoms with E-state index in [4.69, 9.17) is 4.42 Å². The first-order chi connectivity index (χ1) is 11.8. The highest BCUT2D eigenvalue weighted by Gasteiger charge is 2.20. The second-order valence-corrected chi connectivity index (χ2v) is 5.73. The molecule has 0 bridgehead atoms. The third-order valence-electron chi connectivity index (χ3n) is 4.09. The molecule has 24 heavy (non-hydrogen) atoms. The van der Waals surface area contributed by atoms with Gasteiger partial charge in [0.15, 0.2) is 11.6 Å². The van der Waals surface area contributed by atoms with Crippen molar-refractivity contribution in [2.45, 2.75) is 6.92 Å². The number of hydrogen-bond acceptors (Lipinski definition) is 7. The van der Waals surface area contributed by atoms with Crippen molar-refractivity contribution in [3.05, 3.63) is 48.5 Å². The van der Waals surface area contributed by atoms with E-state index in [0.717, 1.165) is 55.1 Å². The van der Waals surface area contributed by atoms with E-state index in [1.165, 1.54) is 0 Å². The zero-order valence-electron chi connectivity index (χ0n) is 13.5. The quantitative estimate of drug-likeness (QED) is 0.731. The summed E-state index contributed by atoms with van der Waals surface area (Å²) in [4.78, 5) is 13.3. The normalized spacial score (nSPS) is 14.9. The van der Waals surface area contributed by atoms with E-state index >= 15 is 0 Å². The average Bonchev–Trinajstić information content (AvgIpc) is 3.17. The lowest BCUT2D eigenvalue weighted by Crippen LogP contribution is -2.47. The van der Waals surface area contributed by atoms with Gasteiger partial charge in [0, 0.05) is 38.1 Å². The largest absolute Gasteiger partial charge is 0.463 e. The van der Waals surface area contributed by atoms with Crippen LogP contribution in [0.2, 0.25) is 0 Å². The summed E-state index contributed by atoms with van der Waals surface area (Å²) in [7, 11) is 0. The van der Waals surface area contributed by atoms with Gasteiger partial charge in [0.2, 0.25) is 5.95 Å². The van der Waals surface area contributed by atoms with Crippen LogP contribution < -0.4 is 9.80 Å². The Bertz CT molecular complexity index is 794. The number of hydrogen-bond donors (Lipinski definition) is 0. The van der Waals surface area contributed by atoms with Crippen LogP contribution in [-0.2, 0) is 0 Å². The van der Waals surface area contributed by atoms with Crippen molar-refractivity contribution >= 4 is 11.8 Å². The molecule has 122 valence electrons. The predicted molar refractivity (Wildman–Crippen MR) is 90.9 cm³/mol. The lowest BCUT2D eigenvalue weighted by Gasteiger charge is -2.35. The molecule has 4 heterocycles. The molecule has 0 aliphatic carbocycles. The Morgan fingerprint density at radius 3 is 2.46 bits per heavy atom. The van der Waals surface area contributed by atoms with E-state index < -0.39 is 0 Å². The molecule has 4 rings (SSSR count). The van der Waals surface area contributed by atoms with Crippen molar-refractivity contribution in [2.75, 3.05) is 36.0 Å². The van der Waals surface area contributed by atoms with E-state index in [1.54, 1.807) is 6.26 Å². The number of rotatable bonds is 3. The Labute approximate surface area is 140 Å². The molecule has 3 aromatic heterocycles. The van der Waals surface area contributed by atoms with Crippen molar-refractivity contribution in [3.8, 4) is 11.5 Å². The van der Waals surface area contributed by atoms with E-state index in [1.807, 2.05) is 43.5 Å². The maximum Gasteiger partial charge on any atom is 0.225 e. The summed E-state index contributed by atoms with van der Waals surface area (Å²) >= 11 is 0. The van der Waals surface area contributed by atoms with Gasteiger partial charge in [-0.3, -0.25) is 0 Å². The summed E-state index contributed by atoms with van der Waals surface area (Å²) in [6.45, 7) is 5.45. The molecule has 1 aliphatic heterocycles. The minimum absolute atomic E-state index is 0.732. The van der Waals surface area contributed by atoms with Gasteiger partial charge in [-0.25, -0.2) is 9.97 Å². The van der Waals surface area contributed by atoms with Gasteiger partial charge < -0.3 is 14.2 Å². The van der Waals surface area contributed by atoms with Crippen molar-refractivity contribution in [1.82, 2.24) is 20.2 Å². The summed E-state index contributed by atoms with van der Waals surface area (Å²) in [6, 6.07) is 9.57. The molecule has 1 aliphatic rings. The first-order valence-corrected chi connectivity index (χ1v) is 7.97. The first kappa shape index (κ1) is 14.6. The third-order valence-corrected chi connectivity index (χ3v) is 4.09. The molecular weight excluding hydrogens is 304 g/mol. The summed E-state index contributed by atoms with van der Waals surface area (Å²) < 4.78 is 5.34. The summed E-state index contributed by atoms with van der Waals surface area (Å²) in [5, 5.41) is 8.60. The maximum atomic E-state index is 5.34.